The molecule has 3 atom stereocenters. The molecule has 0 bridgehead atoms. The Bertz CT molecular complexity index is 2760. The van der Waals surface area contributed by atoms with E-state index in [1.165, 1.54) is 17.0 Å². The number of aryl methyl sites for hydroxylation is 1. The molecule has 6 N–H and O–H groups in total. The molecule has 364 valence electrons. The third-order valence-corrected chi connectivity index (χ3v) is 13.1. The fraction of sp³-hybridized carbons (Fsp3) is 0.367. The van der Waals surface area contributed by atoms with E-state index in [0.29, 0.717) is 49.1 Å². The highest BCUT2D eigenvalue weighted by Gasteiger charge is 2.44. The van der Waals surface area contributed by atoms with Crippen molar-refractivity contribution in [3.8, 4) is 21.6 Å². The van der Waals surface area contributed by atoms with Crippen molar-refractivity contribution in [1.82, 2.24) is 35.7 Å². The number of aromatic nitrogens is 2. The van der Waals surface area contributed by atoms with Crippen LogP contribution in [-0.2, 0) is 27.1 Å². The van der Waals surface area contributed by atoms with Gasteiger partial charge in [0.15, 0.2) is 0 Å². The number of anilines is 2. The quantitative estimate of drug-likeness (QED) is 0.0927. The van der Waals surface area contributed by atoms with Gasteiger partial charge in [0, 0.05) is 63.5 Å². The SMILES string of the molecule is Cc1ncsc1-c1ccc(CNC(=O)[C@@H]2C[C@@H](O)CN2C(=O)[C@@H](NC(=O)CNC(=O)c2ccc(-c3ccc(N4CCN(C)CC4)c(NC(=O)c4c[nH]c(=O)cc4C(F)(F)F)c3)cc2)C(C)(C)C)cc1. The molecule has 0 saturated carbocycles. The van der Waals surface area contributed by atoms with Gasteiger partial charge in [0.05, 0.1) is 51.2 Å². The number of carbonyl (C=O) groups is 5. The Hall–Kier alpha value is -6.90. The van der Waals surface area contributed by atoms with Crippen LogP contribution >= 0.6 is 11.3 Å². The van der Waals surface area contributed by atoms with Crippen LogP contribution in [0.4, 0.5) is 24.5 Å². The monoisotopic (exact) mass is 969 g/mol. The van der Waals surface area contributed by atoms with Crippen LogP contribution in [0.25, 0.3) is 21.6 Å². The third kappa shape index (κ3) is 12.0. The van der Waals surface area contributed by atoms with Crippen molar-refractivity contribution in [2.75, 3.05) is 56.5 Å². The third-order valence-electron chi connectivity index (χ3n) is 12.2. The number of hydrogen-bond donors (Lipinski definition) is 6. The summed E-state index contributed by atoms with van der Waals surface area (Å²) in [5.41, 5.74) is 2.80. The fourth-order valence-corrected chi connectivity index (χ4v) is 9.10. The van der Waals surface area contributed by atoms with E-state index in [9.17, 15) is 47.0 Å². The molecule has 2 aliphatic rings. The predicted molar refractivity (Wildman–Crippen MR) is 256 cm³/mol. The number of carbonyl (C=O) groups excluding carboxylic acids is 5. The molecule has 69 heavy (non-hydrogen) atoms. The normalized spacial score (nSPS) is 17.0. The van der Waals surface area contributed by atoms with Crippen LogP contribution in [0.2, 0.25) is 0 Å². The van der Waals surface area contributed by atoms with Gasteiger partial charge >= 0.3 is 6.18 Å². The average Bonchev–Trinajstić information content (AvgIpc) is 3.93. The molecule has 3 aromatic carbocycles. The highest BCUT2D eigenvalue weighted by molar-refractivity contribution is 7.13. The summed E-state index contributed by atoms with van der Waals surface area (Å²) < 4.78 is 41.7. The summed E-state index contributed by atoms with van der Waals surface area (Å²) >= 11 is 1.54. The number of benzene rings is 3. The van der Waals surface area contributed by atoms with E-state index in [-0.39, 0.29) is 30.8 Å². The molecule has 2 saturated heterocycles. The molecule has 4 heterocycles. The number of nitrogens with one attached hydrogen (secondary N) is 5. The van der Waals surface area contributed by atoms with E-state index in [1.54, 1.807) is 68.0 Å². The number of aliphatic hydroxyl groups is 1. The number of hydrogen-bond acceptors (Lipinski definition) is 11. The van der Waals surface area contributed by atoms with E-state index in [1.807, 2.05) is 43.1 Å². The van der Waals surface area contributed by atoms with Gasteiger partial charge in [-0.3, -0.25) is 28.8 Å². The van der Waals surface area contributed by atoms with Crippen LogP contribution in [0.3, 0.4) is 0 Å². The summed E-state index contributed by atoms with van der Waals surface area (Å²) in [6.45, 7) is 9.40. The summed E-state index contributed by atoms with van der Waals surface area (Å²) in [5, 5.41) is 21.4. The first-order chi connectivity index (χ1) is 32.7. The standard InChI is InChI=1S/C49H54F3N9O7S/c1-28-42(69-27-56-28)31-8-6-29(7-9-31)23-54-46(67)39-21-34(62)26-61(39)47(68)43(48(2,3)4)58-41(64)25-55-44(65)32-12-10-30(11-13-32)33-14-15-38(60-18-16-59(5)17-19-60)37(20-33)57-45(66)35-24-53-40(63)22-36(35)49(50,51)52/h6-15,20,22,24,27,34,39,43,62H,16-19,21,23,25-26H2,1-5H3,(H,53,63)(H,54,67)(H,55,65)(H,57,66)(H,58,64)/t34-,39+,43-/m1/s1. The maximum atomic E-state index is 14.1. The number of amides is 5. The number of rotatable bonds is 13. The number of H-pyrrole nitrogens is 1. The molecule has 0 spiro atoms. The number of aromatic amines is 1. The van der Waals surface area contributed by atoms with E-state index in [4.69, 9.17) is 0 Å². The summed E-state index contributed by atoms with van der Waals surface area (Å²) in [6.07, 6.45) is -5.16. The molecule has 5 aromatic rings. The second-order valence-corrected chi connectivity index (χ2v) is 19.2. The number of nitrogens with zero attached hydrogens (tertiary/aromatic N) is 4. The second-order valence-electron chi connectivity index (χ2n) is 18.3. The van der Waals surface area contributed by atoms with Crippen molar-refractivity contribution >= 4 is 52.2 Å². The molecule has 16 nitrogen and oxygen atoms in total. The van der Waals surface area contributed by atoms with Crippen LogP contribution in [0.5, 0.6) is 0 Å². The van der Waals surface area contributed by atoms with Crippen LogP contribution in [0, 0.1) is 12.3 Å². The minimum atomic E-state index is -4.96. The molecule has 2 aliphatic heterocycles. The number of β-amino-alcohol motifs (C(OH)–C–C–N with tert-alkyl or cyclic N) is 1. The van der Waals surface area contributed by atoms with E-state index >= 15 is 0 Å². The number of thiazole rings is 1. The Balaban J connectivity index is 0.982. The lowest BCUT2D eigenvalue weighted by Gasteiger charge is -2.35. The number of piperazine rings is 1. The molecule has 7 rings (SSSR count). The van der Waals surface area contributed by atoms with Crippen LogP contribution in [0.1, 0.15) is 64.7 Å². The lowest BCUT2D eigenvalue weighted by Crippen LogP contribution is -2.58. The van der Waals surface area contributed by atoms with Crippen molar-refractivity contribution in [3.05, 3.63) is 123 Å². The molecular weight excluding hydrogens is 916 g/mol. The van der Waals surface area contributed by atoms with Crippen LogP contribution < -0.4 is 31.7 Å². The number of likely N-dealkylation sites (N-methyl/N-ethyl adjacent to an activating group) is 1. The maximum Gasteiger partial charge on any atom is 0.417 e. The molecule has 0 unspecified atom stereocenters. The first kappa shape index (κ1) is 50.0. The molecular formula is C49H54F3N9O7S. The Morgan fingerprint density at radius 2 is 1.55 bits per heavy atom. The Morgan fingerprint density at radius 1 is 0.884 bits per heavy atom. The van der Waals surface area contributed by atoms with Crippen molar-refractivity contribution in [2.24, 2.45) is 5.41 Å². The van der Waals surface area contributed by atoms with Crippen molar-refractivity contribution in [2.45, 2.75) is 65.0 Å². The van der Waals surface area contributed by atoms with E-state index in [2.05, 4.69) is 36.1 Å². The number of pyridine rings is 1. The lowest BCUT2D eigenvalue weighted by atomic mass is 9.85. The highest BCUT2D eigenvalue weighted by Crippen LogP contribution is 2.35. The molecule has 2 aromatic heterocycles. The number of aliphatic hydroxyl groups excluding tert-OH is 1. The molecule has 0 radical (unpaired) electrons. The fourth-order valence-electron chi connectivity index (χ4n) is 8.29. The van der Waals surface area contributed by atoms with Gasteiger partial charge in [-0.15, -0.1) is 11.3 Å². The zero-order valence-corrected chi connectivity index (χ0v) is 39.5. The summed E-state index contributed by atoms with van der Waals surface area (Å²) in [4.78, 5) is 92.4. The molecule has 0 aliphatic carbocycles. The van der Waals surface area contributed by atoms with Crippen LogP contribution in [-0.4, -0.2) is 119 Å². The summed E-state index contributed by atoms with van der Waals surface area (Å²) in [5.74, 6) is -3.33. The van der Waals surface area contributed by atoms with Gasteiger partial charge in [-0.2, -0.15) is 13.2 Å². The predicted octanol–water partition coefficient (Wildman–Crippen LogP) is 5.04. The number of alkyl halides is 3. The van der Waals surface area contributed by atoms with Crippen molar-refractivity contribution in [1.29, 1.82) is 0 Å². The number of likely N-dealkylation sites (tertiary alicyclic amines) is 1. The highest BCUT2D eigenvalue weighted by atomic mass is 32.1. The Morgan fingerprint density at radius 3 is 2.19 bits per heavy atom. The minimum Gasteiger partial charge on any atom is -0.391 e. The van der Waals surface area contributed by atoms with Crippen molar-refractivity contribution < 1.29 is 42.3 Å². The van der Waals surface area contributed by atoms with Crippen molar-refractivity contribution in [3.63, 3.8) is 0 Å². The van der Waals surface area contributed by atoms with Gasteiger partial charge in [-0.05, 0) is 65.9 Å². The zero-order chi connectivity index (χ0) is 49.8. The van der Waals surface area contributed by atoms with E-state index in [0.717, 1.165) is 27.9 Å². The first-order valence-corrected chi connectivity index (χ1v) is 23.2. The average molecular weight is 970 g/mol. The first-order valence-electron chi connectivity index (χ1n) is 22.3. The molecule has 5 amide bonds. The summed E-state index contributed by atoms with van der Waals surface area (Å²) in [6, 6.07) is 17.5. The van der Waals surface area contributed by atoms with Gasteiger partial charge in [0.2, 0.25) is 23.3 Å². The lowest BCUT2D eigenvalue weighted by molar-refractivity contribution is -0.143. The van der Waals surface area contributed by atoms with Gasteiger partial charge < -0.3 is 46.1 Å². The summed E-state index contributed by atoms with van der Waals surface area (Å²) in [7, 11) is 1.97. The topological polar surface area (TPSA) is 209 Å². The van der Waals surface area contributed by atoms with Gasteiger partial charge in [0.25, 0.3) is 11.8 Å². The second kappa shape index (κ2) is 20.8. The Labute approximate surface area is 400 Å². The van der Waals surface area contributed by atoms with Gasteiger partial charge in [0.1, 0.15) is 12.1 Å². The zero-order valence-electron chi connectivity index (χ0n) is 38.7. The van der Waals surface area contributed by atoms with Crippen LogP contribution in [0.15, 0.2) is 89.3 Å². The van der Waals surface area contributed by atoms with Gasteiger partial charge in [-0.25, -0.2) is 4.98 Å². The minimum absolute atomic E-state index is 0.0187. The number of halogens is 3. The Kier molecular flexibility index (Phi) is 15.0. The smallest absolute Gasteiger partial charge is 0.391 e. The maximum absolute atomic E-state index is 14.1. The van der Waals surface area contributed by atoms with E-state index < -0.39 is 82.5 Å². The molecule has 20 heteroatoms. The molecule has 2 fully saturated rings. The van der Waals surface area contributed by atoms with Gasteiger partial charge in [-0.1, -0.05) is 63.2 Å². The largest absolute Gasteiger partial charge is 0.417 e.